The van der Waals surface area contributed by atoms with Crippen LogP contribution in [0, 0.1) is 0 Å². The fraction of sp³-hybridized carbons (Fsp3) is 0.441. The van der Waals surface area contributed by atoms with Crippen LogP contribution in [0.15, 0.2) is 60.7 Å². The zero-order valence-electron chi connectivity index (χ0n) is 26.9. The number of hydrogen-bond donors (Lipinski definition) is 1. The fourth-order valence-corrected chi connectivity index (χ4v) is 5.22. The third kappa shape index (κ3) is 8.19. The number of hydrogen-bond acceptors (Lipinski definition) is 7. The van der Waals surface area contributed by atoms with Gasteiger partial charge in [-0.1, -0.05) is 48.5 Å². The Bertz CT molecular complexity index is 1460. The minimum atomic E-state index is -0.621. The van der Waals surface area contributed by atoms with Gasteiger partial charge in [0.15, 0.2) is 0 Å². The molecule has 0 fully saturated rings. The number of carbonyl (C=O) groups excluding carboxylic acids is 3. The summed E-state index contributed by atoms with van der Waals surface area (Å²) in [4.78, 5) is 43.1. The second kappa shape index (κ2) is 14.0. The van der Waals surface area contributed by atoms with Crippen molar-refractivity contribution in [2.75, 3.05) is 45.2 Å². The Morgan fingerprint density at radius 1 is 0.932 bits per heavy atom. The molecule has 0 aliphatic carbocycles. The maximum atomic E-state index is 13.7. The first-order valence-corrected chi connectivity index (χ1v) is 15.0. The van der Waals surface area contributed by atoms with Crippen LogP contribution in [0.5, 0.6) is 5.75 Å². The standard InChI is InChI=1S/C34H45N5O5/c1-24(2)39(33(42)44-34(3,4)5)17-16-35-31(40)22-37(29-18-25-12-8-9-13-26(25)19-30(29)43-7)23-32(41)36(6)38-20-27-14-10-11-15-28(27)21-38/h8-15,18-19,24H,16-17,20-23H2,1-7H3,(H,35,40). The van der Waals surface area contributed by atoms with Gasteiger partial charge in [0.05, 0.1) is 25.9 Å². The van der Waals surface area contributed by atoms with Gasteiger partial charge in [0, 0.05) is 39.3 Å². The van der Waals surface area contributed by atoms with Gasteiger partial charge in [0.1, 0.15) is 11.4 Å². The van der Waals surface area contributed by atoms with Crippen LogP contribution in [-0.2, 0) is 27.4 Å². The van der Waals surface area contributed by atoms with E-state index < -0.39 is 11.7 Å². The van der Waals surface area contributed by atoms with Crippen LogP contribution in [0.1, 0.15) is 45.7 Å². The van der Waals surface area contributed by atoms with Crippen molar-refractivity contribution in [3.05, 3.63) is 71.8 Å². The highest BCUT2D eigenvalue weighted by atomic mass is 16.6. The Hall–Kier alpha value is -4.31. The van der Waals surface area contributed by atoms with E-state index in [0.717, 1.165) is 10.8 Å². The van der Waals surface area contributed by atoms with Gasteiger partial charge in [-0.3, -0.25) is 14.6 Å². The van der Waals surface area contributed by atoms with Gasteiger partial charge in [-0.2, -0.15) is 0 Å². The number of amides is 3. The molecule has 0 unspecified atom stereocenters. The lowest BCUT2D eigenvalue weighted by Gasteiger charge is -2.32. The van der Waals surface area contributed by atoms with Crippen LogP contribution >= 0.6 is 0 Å². The van der Waals surface area contributed by atoms with E-state index in [0.29, 0.717) is 24.5 Å². The van der Waals surface area contributed by atoms with Gasteiger partial charge < -0.3 is 24.6 Å². The Morgan fingerprint density at radius 2 is 1.52 bits per heavy atom. The average Bonchev–Trinajstić information content (AvgIpc) is 3.41. The monoisotopic (exact) mass is 603 g/mol. The van der Waals surface area contributed by atoms with Crippen LogP contribution in [0.25, 0.3) is 10.8 Å². The Balaban J connectivity index is 1.50. The summed E-state index contributed by atoms with van der Waals surface area (Å²) in [6.45, 7) is 11.0. The molecule has 3 aromatic carbocycles. The lowest BCUT2D eigenvalue weighted by Crippen LogP contribution is -2.49. The summed E-state index contributed by atoms with van der Waals surface area (Å²) in [5.41, 5.74) is 2.41. The molecule has 236 valence electrons. The van der Waals surface area contributed by atoms with E-state index in [1.165, 1.54) is 11.1 Å². The van der Waals surface area contributed by atoms with E-state index in [-0.39, 0.29) is 44.0 Å². The maximum absolute atomic E-state index is 13.7. The van der Waals surface area contributed by atoms with Crippen molar-refractivity contribution >= 4 is 34.4 Å². The predicted molar refractivity (Wildman–Crippen MR) is 172 cm³/mol. The summed E-state index contributed by atoms with van der Waals surface area (Å²) >= 11 is 0. The van der Waals surface area contributed by atoms with E-state index >= 15 is 0 Å². The quantitative estimate of drug-likeness (QED) is 0.336. The Morgan fingerprint density at radius 3 is 2.09 bits per heavy atom. The highest BCUT2D eigenvalue weighted by molar-refractivity contribution is 5.92. The normalized spacial score (nSPS) is 13.0. The number of likely N-dealkylation sites (N-methyl/N-ethyl adjacent to an activating group) is 1. The number of benzene rings is 3. The minimum absolute atomic E-state index is 0.0402. The van der Waals surface area contributed by atoms with Gasteiger partial charge in [-0.05, 0) is 68.7 Å². The maximum Gasteiger partial charge on any atom is 0.410 e. The van der Waals surface area contributed by atoms with Crippen molar-refractivity contribution in [3.63, 3.8) is 0 Å². The molecule has 1 aliphatic rings. The molecule has 0 saturated heterocycles. The van der Waals surface area contributed by atoms with E-state index in [1.807, 2.05) is 88.2 Å². The summed E-state index contributed by atoms with van der Waals surface area (Å²) in [5.74, 6) is 0.130. The molecular formula is C34H45N5O5. The van der Waals surface area contributed by atoms with E-state index in [2.05, 4.69) is 17.4 Å². The van der Waals surface area contributed by atoms with Crippen LogP contribution in [0.2, 0.25) is 0 Å². The topological polar surface area (TPSA) is 94.7 Å². The van der Waals surface area contributed by atoms with Gasteiger partial charge in [0.25, 0.3) is 5.91 Å². The van der Waals surface area contributed by atoms with Crippen molar-refractivity contribution < 1.29 is 23.9 Å². The van der Waals surface area contributed by atoms with Crippen LogP contribution in [0.3, 0.4) is 0 Å². The number of ether oxygens (including phenoxy) is 2. The molecule has 1 aliphatic heterocycles. The molecule has 0 radical (unpaired) electrons. The van der Waals surface area contributed by atoms with Crippen molar-refractivity contribution in [3.8, 4) is 5.75 Å². The first-order valence-electron chi connectivity index (χ1n) is 15.0. The summed E-state index contributed by atoms with van der Waals surface area (Å²) in [6, 6.07) is 19.8. The molecular weight excluding hydrogens is 558 g/mol. The van der Waals surface area contributed by atoms with Crippen LogP contribution in [-0.4, -0.2) is 84.8 Å². The number of fused-ring (bicyclic) bond motifs is 2. The summed E-state index contributed by atoms with van der Waals surface area (Å²) in [5, 5.41) is 8.52. The number of nitrogens with one attached hydrogen (secondary N) is 1. The highest BCUT2D eigenvalue weighted by Gasteiger charge is 2.28. The van der Waals surface area contributed by atoms with Gasteiger partial charge >= 0.3 is 6.09 Å². The van der Waals surface area contributed by atoms with E-state index in [1.54, 1.807) is 29.0 Å². The zero-order chi connectivity index (χ0) is 32.0. The number of hydrazine groups is 1. The molecule has 1 heterocycles. The molecule has 10 heteroatoms. The molecule has 1 N–H and O–H groups in total. The molecule has 3 aromatic rings. The molecule has 0 saturated carbocycles. The largest absolute Gasteiger partial charge is 0.495 e. The Kier molecular flexibility index (Phi) is 10.4. The lowest BCUT2D eigenvalue weighted by atomic mass is 10.1. The summed E-state index contributed by atoms with van der Waals surface area (Å²) in [6.07, 6.45) is -0.429. The SMILES string of the molecule is COc1cc2ccccc2cc1N(CC(=O)NCCN(C(=O)OC(C)(C)C)C(C)C)CC(=O)N(C)N1Cc2ccccc2C1. The molecule has 4 rings (SSSR count). The zero-order valence-corrected chi connectivity index (χ0v) is 26.9. The molecule has 44 heavy (non-hydrogen) atoms. The molecule has 10 nitrogen and oxygen atoms in total. The molecule has 0 bridgehead atoms. The molecule has 3 amide bonds. The van der Waals surface area contributed by atoms with E-state index in [4.69, 9.17) is 9.47 Å². The predicted octanol–water partition coefficient (Wildman–Crippen LogP) is 4.81. The van der Waals surface area contributed by atoms with Crippen LogP contribution in [0.4, 0.5) is 10.5 Å². The average molecular weight is 604 g/mol. The number of carbonyl (C=O) groups is 3. The second-order valence-corrected chi connectivity index (χ2v) is 12.4. The summed E-state index contributed by atoms with van der Waals surface area (Å²) in [7, 11) is 3.35. The molecule has 0 aromatic heterocycles. The number of rotatable bonds is 11. The van der Waals surface area contributed by atoms with Crippen molar-refractivity contribution in [1.82, 2.24) is 20.2 Å². The summed E-state index contributed by atoms with van der Waals surface area (Å²) < 4.78 is 11.3. The van der Waals surface area contributed by atoms with Gasteiger partial charge in [-0.15, -0.1) is 0 Å². The first kappa shape index (κ1) is 32.6. The lowest BCUT2D eigenvalue weighted by molar-refractivity contribution is -0.145. The molecule has 0 spiro atoms. The molecule has 0 atom stereocenters. The van der Waals surface area contributed by atoms with Gasteiger partial charge in [0.2, 0.25) is 5.91 Å². The van der Waals surface area contributed by atoms with E-state index in [9.17, 15) is 14.4 Å². The third-order valence-electron chi connectivity index (χ3n) is 7.58. The van der Waals surface area contributed by atoms with Crippen LogP contribution < -0.4 is 15.0 Å². The number of anilines is 1. The second-order valence-electron chi connectivity index (χ2n) is 12.4. The highest BCUT2D eigenvalue weighted by Crippen LogP contribution is 2.33. The number of methoxy groups -OCH3 is 1. The van der Waals surface area contributed by atoms with Crippen molar-refractivity contribution in [1.29, 1.82) is 0 Å². The number of nitrogens with zero attached hydrogens (tertiary/aromatic N) is 4. The minimum Gasteiger partial charge on any atom is -0.495 e. The first-order chi connectivity index (χ1) is 20.9. The van der Waals surface area contributed by atoms with Crippen molar-refractivity contribution in [2.45, 2.75) is 59.4 Å². The fourth-order valence-electron chi connectivity index (χ4n) is 5.22. The van der Waals surface area contributed by atoms with Gasteiger partial charge in [-0.25, -0.2) is 9.80 Å². The van der Waals surface area contributed by atoms with Crippen molar-refractivity contribution in [2.24, 2.45) is 0 Å². The smallest absolute Gasteiger partial charge is 0.410 e. The third-order valence-corrected chi connectivity index (χ3v) is 7.58. The Labute approximate surface area is 260 Å².